The van der Waals surface area contributed by atoms with Gasteiger partial charge in [0.1, 0.15) is 0 Å². The Bertz CT molecular complexity index is 456. The fourth-order valence-corrected chi connectivity index (χ4v) is 2.54. The second-order valence-corrected chi connectivity index (χ2v) is 5.31. The normalized spacial score (nSPS) is 27.3. The van der Waals surface area contributed by atoms with Crippen molar-refractivity contribution >= 4 is 5.95 Å². The van der Waals surface area contributed by atoms with E-state index in [-0.39, 0.29) is 11.5 Å². The first kappa shape index (κ1) is 9.87. The van der Waals surface area contributed by atoms with Crippen LogP contribution in [0.4, 0.5) is 5.95 Å². The first-order chi connectivity index (χ1) is 7.65. The lowest BCUT2D eigenvalue weighted by molar-refractivity contribution is 0.768. The molecule has 1 saturated heterocycles. The highest BCUT2D eigenvalue weighted by molar-refractivity contribution is 5.34. The van der Waals surface area contributed by atoms with Crippen LogP contribution in [0.5, 0.6) is 0 Å². The van der Waals surface area contributed by atoms with Gasteiger partial charge in [0.15, 0.2) is 0 Å². The summed E-state index contributed by atoms with van der Waals surface area (Å²) < 4.78 is 0. The minimum atomic E-state index is 0.0144. The van der Waals surface area contributed by atoms with Crippen molar-refractivity contribution in [1.29, 1.82) is 0 Å². The predicted octanol–water partition coefficient (Wildman–Crippen LogP) is 1.35. The fraction of sp³-hybridized carbons (Fsp3) is 0.667. The number of hydrogen-bond donors (Lipinski definition) is 1. The first-order valence-corrected chi connectivity index (χ1v) is 5.99. The summed E-state index contributed by atoms with van der Waals surface area (Å²) in [7, 11) is 0. The van der Waals surface area contributed by atoms with Crippen molar-refractivity contribution in [3.63, 3.8) is 0 Å². The summed E-state index contributed by atoms with van der Waals surface area (Å²) >= 11 is 0. The topological polar surface area (TPSA) is 49.0 Å². The molecule has 86 valence electrons. The zero-order valence-corrected chi connectivity index (χ0v) is 9.73. The van der Waals surface area contributed by atoms with E-state index in [1.54, 1.807) is 6.20 Å². The Kier molecular flexibility index (Phi) is 2.06. The molecule has 1 aliphatic carbocycles. The lowest BCUT2D eigenvalue weighted by atomic mass is 10.1. The molecule has 2 aliphatic rings. The number of nitrogens with one attached hydrogen (secondary N) is 1. The molecule has 0 bridgehead atoms. The van der Waals surface area contributed by atoms with Gasteiger partial charge < -0.3 is 4.90 Å². The molecular formula is C12H17N3O. The number of aromatic nitrogens is 2. The summed E-state index contributed by atoms with van der Waals surface area (Å²) in [6, 6.07) is 0. The lowest BCUT2D eigenvalue weighted by Gasteiger charge is -2.18. The van der Waals surface area contributed by atoms with Crippen molar-refractivity contribution in [2.24, 2.45) is 11.8 Å². The standard InChI is InChI=1S/C12H17N3O/c1-7(2)10-4-13-12(14-11(10)16)15-5-8-3-9(8)6-15/h4,7-9H,3,5-6H2,1-2H3,(H,13,14,16). The van der Waals surface area contributed by atoms with Gasteiger partial charge in [-0.25, -0.2) is 4.98 Å². The third kappa shape index (κ3) is 1.52. The second-order valence-electron chi connectivity index (χ2n) is 5.31. The number of anilines is 1. The highest BCUT2D eigenvalue weighted by Gasteiger charge is 2.45. The molecule has 0 radical (unpaired) electrons. The minimum Gasteiger partial charge on any atom is -0.342 e. The average molecular weight is 219 g/mol. The summed E-state index contributed by atoms with van der Waals surface area (Å²) in [5, 5.41) is 0. The van der Waals surface area contributed by atoms with Gasteiger partial charge in [0.05, 0.1) is 0 Å². The summed E-state index contributed by atoms with van der Waals surface area (Å²) in [5.74, 6) is 2.70. The largest absolute Gasteiger partial charge is 0.342 e. The molecular weight excluding hydrogens is 202 g/mol. The molecule has 2 fully saturated rings. The van der Waals surface area contributed by atoms with Crippen LogP contribution in [-0.2, 0) is 0 Å². The van der Waals surface area contributed by atoms with Gasteiger partial charge in [0, 0.05) is 24.8 Å². The number of piperidine rings is 1. The Morgan fingerprint density at radius 2 is 2.12 bits per heavy atom. The molecule has 0 amide bonds. The van der Waals surface area contributed by atoms with Gasteiger partial charge in [-0.3, -0.25) is 9.78 Å². The number of fused-ring (bicyclic) bond motifs is 1. The maximum absolute atomic E-state index is 11.8. The molecule has 0 spiro atoms. The van der Waals surface area contributed by atoms with E-state index in [9.17, 15) is 4.79 Å². The Hall–Kier alpha value is -1.32. The van der Waals surface area contributed by atoms with Crippen LogP contribution in [0.3, 0.4) is 0 Å². The van der Waals surface area contributed by atoms with E-state index in [1.807, 2.05) is 13.8 Å². The molecule has 3 rings (SSSR count). The van der Waals surface area contributed by atoms with Crippen molar-refractivity contribution in [2.75, 3.05) is 18.0 Å². The smallest absolute Gasteiger partial charge is 0.255 e. The van der Waals surface area contributed by atoms with Gasteiger partial charge in [-0.05, 0) is 24.2 Å². The van der Waals surface area contributed by atoms with E-state index in [2.05, 4.69) is 14.9 Å². The Morgan fingerprint density at radius 3 is 2.69 bits per heavy atom. The number of aromatic amines is 1. The highest BCUT2D eigenvalue weighted by atomic mass is 16.1. The van der Waals surface area contributed by atoms with Gasteiger partial charge in [-0.1, -0.05) is 13.8 Å². The first-order valence-electron chi connectivity index (χ1n) is 5.99. The van der Waals surface area contributed by atoms with E-state index in [1.165, 1.54) is 6.42 Å². The van der Waals surface area contributed by atoms with E-state index in [0.29, 0.717) is 0 Å². The van der Waals surface area contributed by atoms with E-state index >= 15 is 0 Å². The van der Waals surface area contributed by atoms with Crippen LogP contribution in [-0.4, -0.2) is 23.1 Å². The molecule has 16 heavy (non-hydrogen) atoms. The van der Waals surface area contributed by atoms with Gasteiger partial charge in [0.25, 0.3) is 5.56 Å². The van der Waals surface area contributed by atoms with E-state index in [0.717, 1.165) is 36.4 Å². The molecule has 0 aromatic carbocycles. The zero-order chi connectivity index (χ0) is 11.3. The average Bonchev–Trinajstić information content (AvgIpc) is 2.85. The fourth-order valence-electron chi connectivity index (χ4n) is 2.54. The minimum absolute atomic E-state index is 0.0144. The second kappa shape index (κ2) is 3.34. The van der Waals surface area contributed by atoms with Gasteiger partial charge in [-0.2, -0.15) is 0 Å². The van der Waals surface area contributed by atoms with Crippen LogP contribution < -0.4 is 10.5 Å². The monoisotopic (exact) mass is 219 g/mol. The Balaban J connectivity index is 1.86. The molecule has 1 aromatic rings. The van der Waals surface area contributed by atoms with E-state index < -0.39 is 0 Å². The van der Waals surface area contributed by atoms with Crippen LogP contribution in [0.2, 0.25) is 0 Å². The van der Waals surface area contributed by atoms with Gasteiger partial charge in [-0.15, -0.1) is 0 Å². The van der Waals surface area contributed by atoms with Crippen molar-refractivity contribution in [2.45, 2.75) is 26.2 Å². The summed E-state index contributed by atoms with van der Waals surface area (Å²) in [4.78, 5) is 21.3. The molecule has 2 unspecified atom stereocenters. The number of nitrogens with zero attached hydrogens (tertiary/aromatic N) is 2. The molecule has 2 atom stereocenters. The molecule has 4 nitrogen and oxygen atoms in total. The molecule has 2 heterocycles. The van der Waals surface area contributed by atoms with Crippen LogP contribution >= 0.6 is 0 Å². The lowest BCUT2D eigenvalue weighted by Crippen LogP contribution is -2.27. The maximum atomic E-state index is 11.8. The van der Waals surface area contributed by atoms with Crippen molar-refractivity contribution < 1.29 is 0 Å². The van der Waals surface area contributed by atoms with Crippen LogP contribution in [0.15, 0.2) is 11.0 Å². The van der Waals surface area contributed by atoms with Crippen molar-refractivity contribution in [3.8, 4) is 0 Å². The van der Waals surface area contributed by atoms with Crippen LogP contribution in [0.1, 0.15) is 31.7 Å². The third-order valence-corrected chi connectivity index (χ3v) is 3.71. The number of hydrogen-bond acceptors (Lipinski definition) is 3. The third-order valence-electron chi connectivity index (χ3n) is 3.71. The van der Waals surface area contributed by atoms with Crippen molar-refractivity contribution in [1.82, 2.24) is 9.97 Å². The number of H-pyrrole nitrogens is 1. The van der Waals surface area contributed by atoms with Gasteiger partial charge >= 0.3 is 0 Å². The summed E-state index contributed by atoms with van der Waals surface area (Å²) in [5.41, 5.74) is 0.786. The van der Waals surface area contributed by atoms with Crippen LogP contribution in [0.25, 0.3) is 0 Å². The molecule has 1 aliphatic heterocycles. The molecule has 1 N–H and O–H groups in total. The zero-order valence-electron chi connectivity index (χ0n) is 9.73. The molecule has 1 aromatic heterocycles. The van der Waals surface area contributed by atoms with Crippen LogP contribution in [0, 0.1) is 11.8 Å². The van der Waals surface area contributed by atoms with Crippen molar-refractivity contribution in [3.05, 3.63) is 22.1 Å². The highest BCUT2D eigenvalue weighted by Crippen LogP contribution is 2.45. The SMILES string of the molecule is CC(C)c1cnc(N2CC3CC3C2)[nH]c1=O. The Labute approximate surface area is 94.7 Å². The quantitative estimate of drug-likeness (QED) is 0.816. The van der Waals surface area contributed by atoms with Gasteiger partial charge in [0.2, 0.25) is 5.95 Å². The van der Waals surface area contributed by atoms with E-state index in [4.69, 9.17) is 0 Å². The maximum Gasteiger partial charge on any atom is 0.255 e. The molecule has 1 saturated carbocycles. The molecule has 4 heteroatoms. The number of rotatable bonds is 2. The predicted molar refractivity (Wildman–Crippen MR) is 62.8 cm³/mol. The summed E-state index contributed by atoms with van der Waals surface area (Å²) in [6.45, 7) is 6.15. The summed E-state index contributed by atoms with van der Waals surface area (Å²) in [6.07, 6.45) is 3.09. The Morgan fingerprint density at radius 1 is 1.44 bits per heavy atom.